The third-order valence-corrected chi connectivity index (χ3v) is 2.29. The molecule has 0 fully saturated rings. The predicted octanol–water partition coefficient (Wildman–Crippen LogP) is 3.05. The number of hydrogen-bond donors (Lipinski definition) is 0. The number of hydrogen-bond acceptors (Lipinski definition) is 1. The molecule has 1 heterocycles. The Bertz CT molecular complexity index is 288. The van der Waals surface area contributed by atoms with Crippen LogP contribution in [0.25, 0.3) is 0 Å². The molecular formula is C12H17NO. The second kappa shape index (κ2) is 6.19. The molecule has 0 spiro atoms. The van der Waals surface area contributed by atoms with Crippen LogP contribution in [0.2, 0.25) is 0 Å². The number of carbonyl (C=O) groups is 1. The van der Waals surface area contributed by atoms with Gasteiger partial charge < -0.3 is 4.57 Å². The van der Waals surface area contributed by atoms with Gasteiger partial charge in [0, 0.05) is 12.7 Å². The summed E-state index contributed by atoms with van der Waals surface area (Å²) in [6.45, 7) is 4.63. The van der Waals surface area contributed by atoms with Gasteiger partial charge in [0.05, 0.1) is 5.69 Å². The van der Waals surface area contributed by atoms with Crippen LogP contribution in [-0.2, 0) is 6.54 Å². The average Bonchev–Trinajstić information content (AvgIpc) is 2.65. The van der Waals surface area contributed by atoms with Crippen LogP contribution in [0, 0.1) is 0 Å². The number of aryl methyl sites for hydroxylation is 1. The number of unbranched alkanes of at least 4 members (excludes halogenated alkanes) is 3. The number of nitrogens with zero attached hydrogens (tertiary/aromatic N) is 1. The van der Waals surface area contributed by atoms with Gasteiger partial charge in [0.1, 0.15) is 0 Å². The van der Waals surface area contributed by atoms with Crippen molar-refractivity contribution in [2.45, 2.75) is 32.2 Å². The van der Waals surface area contributed by atoms with Crippen molar-refractivity contribution in [1.82, 2.24) is 4.57 Å². The minimum absolute atomic E-state index is 0.772. The third kappa shape index (κ3) is 3.21. The predicted molar refractivity (Wildman–Crippen MR) is 58.5 cm³/mol. The average molecular weight is 191 g/mol. The van der Waals surface area contributed by atoms with E-state index < -0.39 is 0 Å². The highest BCUT2D eigenvalue weighted by Gasteiger charge is 1.97. The minimum atomic E-state index is 0.772. The molecule has 0 N–H and O–H groups in total. The van der Waals surface area contributed by atoms with Crippen molar-refractivity contribution in [1.29, 1.82) is 0 Å². The molecule has 0 aliphatic rings. The van der Waals surface area contributed by atoms with Gasteiger partial charge in [-0.25, -0.2) is 0 Å². The Morgan fingerprint density at radius 1 is 1.36 bits per heavy atom. The zero-order valence-corrected chi connectivity index (χ0v) is 8.48. The van der Waals surface area contributed by atoms with E-state index in [9.17, 15) is 4.79 Å². The molecule has 76 valence electrons. The highest BCUT2D eigenvalue weighted by molar-refractivity contribution is 5.72. The third-order valence-electron chi connectivity index (χ3n) is 2.29. The highest BCUT2D eigenvalue weighted by atomic mass is 16.1. The summed E-state index contributed by atoms with van der Waals surface area (Å²) >= 11 is 0. The lowest BCUT2D eigenvalue weighted by molar-refractivity contribution is 0.111. The first-order chi connectivity index (χ1) is 6.88. The van der Waals surface area contributed by atoms with E-state index in [4.69, 9.17) is 0 Å². The zero-order valence-electron chi connectivity index (χ0n) is 8.48. The van der Waals surface area contributed by atoms with Crippen molar-refractivity contribution < 1.29 is 4.79 Å². The van der Waals surface area contributed by atoms with Gasteiger partial charge in [0.2, 0.25) is 0 Å². The van der Waals surface area contributed by atoms with E-state index in [1.807, 2.05) is 29.0 Å². The monoisotopic (exact) mass is 191 g/mol. The largest absolute Gasteiger partial charge is 0.345 e. The summed E-state index contributed by atoms with van der Waals surface area (Å²) in [5.74, 6) is 0. The van der Waals surface area contributed by atoms with Gasteiger partial charge in [-0.05, 0) is 31.4 Å². The number of aromatic nitrogens is 1. The van der Waals surface area contributed by atoms with Crippen molar-refractivity contribution in [3.8, 4) is 0 Å². The fourth-order valence-corrected chi connectivity index (χ4v) is 1.49. The van der Waals surface area contributed by atoms with Crippen molar-refractivity contribution in [2.75, 3.05) is 0 Å². The normalized spacial score (nSPS) is 10.0. The van der Waals surface area contributed by atoms with Crippen LogP contribution in [-0.4, -0.2) is 10.9 Å². The molecule has 2 nitrogen and oxygen atoms in total. The number of rotatable bonds is 7. The lowest BCUT2D eigenvalue weighted by Crippen LogP contribution is -2.00. The fourth-order valence-electron chi connectivity index (χ4n) is 1.49. The molecule has 2 heteroatoms. The van der Waals surface area contributed by atoms with E-state index in [0.717, 1.165) is 31.4 Å². The van der Waals surface area contributed by atoms with Crippen LogP contribution in [0.15, 0.2) is 31.0 Å². The van der Waals surface area contributed by atoms with Crippen molar-refractivity contribution >= 4 is 6.29 Å². The van der Waals surface area contributed by atoms with Gasteiger partial charge in [-0.3, -0.25) is 4.79 Å². The van der Waals surface area contributed by atoms with Crippen LogP contribution in [0.3, 0.4) is 0 Å². The summed E-state index contributed by atoms with van der Waals surface area (Å²) in [5.41, 5.74) is 0.772. The molecule has 0 saturated carbocycles. The molecule has 0 atom stereocenters. The fraction of sp³-hybridized carbons (Fsp3) is 0.417. The quantitative estimate of drug-likeness (QED) is 0.369. The summed E-state index contributed by atoms with van der Waals surface area (Å²) in [6.07, 6.45) is 9.42. The molecule has 0 aromatic carbocycles. The Morgan fingerprint density at radius 2 is 2.21 bits per heavy atom. The lowest BCUT2D eigenvalue weighted by atomic mass is 10.2. The Hall–Kier alpha value is -1.31. The summed E-state index contributed by atoms with van der Waals surface area (Å²) in [7, 11) is 0. The molecular weight excluding hydrogens is 174 g/mol. The molecule has 0 radical (unpaired) electrons. The van der Waals surface area contributed by atoms with Crippen LogP contribution >= 0.6 is 0 Å². The summed E-state index contributed by atoms with van der Waals surface area (Å²) in [4.78, 5) is 10.6. The maximum absolute atomic E-state index is 10.6. The van der Waals surface area contributed by atoms with Crippen LogP contribution in [0.5, 0.6) is 0 Å². The van der Waals surface area contributed by atoms with Gasteiger partial charge in [0.25, 0.3) is 0 Å². The van der Waals surface area contributed by atoms with E-state index in [0.29, 0.717) is 0 Å². The SMILES string of the molecule is C=CCCCCCn1cccc1C=O. The molecule has 0 amide bonds. The van der Waals surface area contributed by atoms with Crippen molar-refractivity contribution in [3.05, 3.63) is 36.7 Å². The van der Waals surface area contributed by atoms with Crippen molar-refractivity contribution in [3.63, 3.8) is 0 Å². The highest BCUT2D eigenvalue weighted by Crippen LogP contribution is 2.05. The molecule has 1 aromatic heterocycles. The molecule has 14 heavy (non-hydrogen) atoms. The first-order valence-electron chi connectivity index (χ1n) is 5.09. The minimum Gasteiger partial charge on any atom is -0.345 e. The lowest BCUT2D eigenvalue weighted by Gasteiger charge is -2.04. The smallest absolute Gasteiger partial charge is 0.166 e. The van der Waals surface area contributed by atoms with Gasteiger partial charge in [0.15, 0.2) is 6.29 Å². The first-order valence-corrected chi connectivity index (χ1v) is 5.09. The number of aldehydes is 1. The van der Waals surface area contributed by atoms with Crippen LogP contribution in [0.4, 0.5) is 0 Å². The molecule has 0 unspecified atom stereocenters. The Kier molecular flexibility index (Phi) is 4.76. The van der Waals surface area contributed by atoms with Gasteiger partial charge in [-0.2, -0.15) is 0 Å². The van der Waals surface area contributed by atoms with Gasteiger partial charge >= 0.3 is 0 Å². The molecule has 0 bridgehead atoms. The summed E-state index contributed by atoms with van der Waals surface area (Å²) in [6, 6.07) is 3.75. The number of allylic oxidation sites excluding steroid dienone is 1. The Morgan fingerprint density at radius 3 is 2.93 bits per heavy atom. The second-order valence-electron chi connectivity index (χ2n) is 3.38. The van der Waals surface area contributed by atoms with Crippen LogP contribution in [0.1, 0.15) is 36.2 Å². The Labute approximate surface area is 85.2 Å². The standard InChI is InChI=1S/C12H17NO/c1-2-3-4-5-6-9-13-10-7-8-12(13)11-14/h2,7-8,10-11H,1,3-6,9H2. The van der Waals surface area contributed by atoms with Crippen molar-refractivity contribution in [2.24, 2.45) is 0 Å². The van der Waals surface area contributed by atoms with E-state index in [-0.39, 0.29) is 0 Å². The maximum Gasteiger partial charge on any atom is 0.166 e. The zero-order chi connectivity index (χ0) is 10.2. The summed E-state index contributed by atoms with van der Waals surface area (Å²) < 4.78 is 2.00. The summed E-state index contributed by atoms with van der Waals surface area (Å²) in [5, 5.41) is 0. The van der Waals surface area contributed by atoms with Gasteiger partial charge in [-0.15, -0.1) is 6.58 Å². The maximum atomic E-state index is 10.6. The molecule has 0 aliphatic carbocycles. The van der Waals surface area contributed by atoms with E-state index >= 15 is 0 Å². The second-order valence-corrected chi connectivity index (χ2v) is 3.38. The Balaban J connectivity index is 2.24. The van der Waals surface area contributed by atoms with E-state index in [1.165, 1.54) is 12.8 Å². The van der Waals surface area contributed by atoms with E-state index in [2.05, 4.69) is 6.58 Å². The number of carbonyl (C=O) groups excluding carboxylic acids is 1. The van der Waals surface area contributed by atoms with E-state index in [1.54, 1.807) is 0 Å². The first kappa shape index (κ1) is 10.8. The molecule has 1 aromatic rings. The molecule has 0 saturated heterocycles. The molecule has 1 rings (SSSR count). The topological polar surface area (TPSA) is 22.0 Å². The molecule has 0 aliphatic heterocycles. The van der Waals surface area contributed by atoms with Crippen LogP contribution < -0.4 is 0 Å². The van der Waals surface area contributed by atoms with Gasteiger partial charge in [-0.1, -0.05) is 12.5 Å².